The second-order valence-electron chi connectivity index (χ2n) is 5.22. The van der Waals surface area contributed by atoms with Crippen LogP contribution in [0.2, 0.25) is 0 Å². The average Bonchev–Trinajstić information content (AvgIpc) is 2.03. The molecule has 0 heterocycles. The maximum Gasteiger partial charge on any atom is 0.0545 e. The molecule has 68 valence electrons. The topological polar surface area (TPSA) is 20.2 Å². The zero-order valence-corrected chi connectivity index (χ0v) is 7.58. The van der Waals surface area contributed by atoms with Gasteiger partial charge in [-0.15, -0.1) is 0 Å². The number of fused-ring (bicyclic) bond motifs is 1. The molecule has 2 unspecified atom stereocenters. The summed E-state index contributed by atoms with van der Waals surface area (Å²) >= 11 is 0. The van der Waals surface area contributed by atoms with Crippen molar-refractivity contribution in [3.8, 4) is 0 Å². The molecule has 0 aromatic rings. The van der Waals surface area contributed by atoms with Gasteiger partial charge in [0.1, 0.15) is 0 Å². The summed E-state index contributed by atoms with van der Waals surface area (Å²) in [7, 11) is 0. The van der Waals surface area contributed by atoms with Crippen molar-refractivity contribution >= 4 is 0 Å². The fourth-order valence-electron chi connectivity index (χ4n) is 4.16. The maximum absolute atomic E-state index is 9.64. The molecule has 1 heteroatoms. The van der Waals surface area contributed by atoms with Crippen molar-refractivity contribution in [1.29, 1.82) is 0 Å². The molecule has 0 aromatic carbocycles. The van der Waals surface area contributed by atoms with Crippen molar-refractivity contribution in [3.63, 3.8) is 0 Å². The van der Waals surface area contributed by atoms with Crippen LogP contribution in [0.5, 0.6) is 0 Å². The number of rotatable bonds is 0. The lowest BCUT2D eigenvalue weighted by Crippen LogP contribution is -2.44. The minimum absolute atomic E-state index is 0.0512. The fraction of sp³-hybridized carbons (Fsp3) is 1.00. The summed E-state index contributed by atoms with van der Waals surface area (Å²) in [5, 5.41) is 9.64. The quantitative estimate of drug-likeness (QED) is 0.585. The normalized spacial score (nSPS) is 57.2. The molecule has 4 rings (SSSR count). The van der Waals surface area contributed by atoms with Gasteiger partial charge < -0.3 is 5.11 Å². The summed E-state index contributed by atoms with van der Waals surface area (Å²) < 4.78 is 0. The van der Waals surface area contributed by atoms with E-state index < -0.39 is 0 Å². The van der Waals surface area contributed by atoms with E-state index in [2.05, 4.69) is 0 Å². The SMILES string of the molecule is OC1CC2CC3CCC2C(C1)C3. The predicted molar refractivity (Wildman–Crippen MR) is 47.7 cm³/mol. The van der Waals surface area contributed by atoms with Gasteiger partial charge in [0.25, 0.3) is 0 Å². The lowest BCUT2D eigenvalue weighted by Gasteiger charge is -2.52. The zero-order valence-electron chi connectivity index (χ0n) is 7.58. The van der Waals surface area contributed by atoms with Crippen LogP contribution in [0.3, 0.4) is 0 Å². The van der Waals surface area contributed by atoms with Gasteiger partial charge in [-0.1, -0.05) is 6.42 Å². The second kappa shape index (κ2) is 2.47. The van der Waals surface area contributed by atoms with Gasteiger partial charge in [0, 0.05) is 0 Å². The Bertz CT molecular complexity index is 169. The molecule has 1 N–H and O–H groups in total. The van der Waals surface area contributed by atoms with Crippen molar-refractivity contribution in [2.75, 3.05) is 0 Å². The molecule has 0 aromatic heterocycles. The molecule has 0 amide bonds. The van der Waals surface area contributed by atoms with Crippen molar-refractivity contribution in [2.24, 2.45) is 23.7 Å². The van der Waals surface area contributed by atoms with Gasteiger partial charge in [-0.05, 0) is 55.8 Å². The average molecular weight is 166 g/mol. The monoisotopic (exact) mass is 166 g/mol. The third kappa shape index (κ3) is 0.953. The minimum Gasteiger partial charge on any atom is -0.393 e. The van der Waals surface area contributed by atoms with Gasteiger partial charge in [0.15, 0.2) is 0 Å². The molecule has 0 aliphatic heterocycles. The molecule has 4 aliphatic carbocycles. The van der Waals surface area contributed by atoms with Gasteiger partial charge in [-0.3, -0.25) is 0 Å². The molecular weight excluding hydrogens is 148 g/mol. The molecule has 4 fully saturated rings. The van der Waals surface area contributed by atoms with Crippen molar-refractivity contribution < 1.29 is 5.11 Å². The van der Waals surface area contributed by atoms with E-state index >= 15 is 0 Å². The van der Waals surface area contributed by atoms with Crippen LogP contribution in [0.4, 0.5) is 0 Å². The summed E-state index contributed by atoms with van der Waals surface area (Å²) in [4.78, 5) is 0. The molecule has 4 aliphatic rings. The number of hydrogen-bond donors (Lipinski definition) is 1. The molecular formula is C11H18O. The molecule has 12 heavy (non-hydrogen) atoms. The summed E-state index contributed by atoms with van der Waals surface area (Å²) in [5.41, 5.74) is 0. The van der Waals surface area contributed by atoms with Crippen LogP contribution in [0.25, 0.3) is 0 Å². The molecule has 4 saturated carbocycles. The summed E-state index contributed by atoms with van der Waals surface area (Å²) in [6, 6.07) is 0. The Morgan fingerprint density at radius 3 is 2.08 bits per heavy atom. The van der Waals surface area contributed by atoms with E-state index in [0.29, 0.717) is 0 Å². The van der Waals surface area contributed by atoms with E-state index in [0.717, 1.165) is 36.5 Å². The number of hydrogen-bond acceptors (Lipinski definition) is 1. The van der Waals surface area contributed by atoms with E-state index in [1.54, 1.807) is 0 Å². The lowest BCUT2D eigenvalue weighted by molar-refractivity contribution is -0.0555. The highest BCUT2D eigenvalue weighted by Crippen LogP contribution is 2.54. The maximum atomic E-state index is 9.64. The molecule has 0 saturated heterocycles. The van der Waals surface area contributed by atoms with Gasteiger partial charge in [-0.25, -0.2) is 0 Å². The van der Waals surface area contributed by atoms with Crippen LogP contribution in [0.1, 0.15) is 38.5 Å². The van der Waals surface area contributed by atoms with Crippen LogP contribution in [-0.4, -0.2) is 11.2 Å². The van der Waals surface area contributed by atoms with E-state index in [-0.39, 0.29) is 6.10 Å². The van der Waals surface area contributed by atoms with Crippen LogP contribution < -0.4 is 0 Å². The number of aliphatic hydroxyl groups is 1. The second-order valence-corrected chi connectivity index (χ2v) is 5.22. The lowest BCUT2D eigenvalue weighted by atomic mass is 9.54. The van der Waals surface area contributed by atoms with Crippen LogP contribution in [0, 0.1) is 23.7 Å². The third-order valence-corrected chi connectivity index (χ3v) is 4.54. The van der Waals surface area contributed by atoms with E-state index in [1.807, 2.05) is 0 Å². The Morgan fingerprint density at radius 1 is 0.833 bits per heavy atom. The van der Waals surface area contributed by atoms with Gasteiger partial charge >= 0.3 is 0 Å². The van der Waals surface area contributed by atoms with Crippen molar-refractivity contribution in [1.82, 2.24) is 0 Å². The summed E-state index contributed by atoms with van der Waals surface area (Å²) in [5.74, 6) is 3.87. The first-order valence-electron chi connectivity index (χ1n) is 5.51. The van der Waals surface area contributed by atoms with Crippen LogP contribution in [0.15, 0.2) is 0 Å². The fourth-order valence-corrected chi connectivity index (χ4v) is 4.16. The highest BCUT2D eigenvalue weighted by molar-refractivity contribution is 4.96. The standard InChI is InChI=1S/C11H18O/c12-10-5-8-3-7-1-2-11(8)9(4-7)6-10/h7-12H,1-6H2. The Balaban J connectivity index is 1.85. The molecule has 0 radical (unpaired) electrons. The van der Waals surface area contributed by atoms with E-state index in [4.69, 9.17) is 0 Å². The Morgan fingerprint density at radius 2 is 1.50 bits per heavy atom. The van der Waals surface area contributed by atoms with Gasteiger partial charge in [-0.2, -0.15) is 0 Å². The van der Waals surface area contributed by atoms with E-state index in [9.17, 15) is 5.11 Å². The van der Waals surface area contributed by atoms with E-state index in [1.165, 1.54) is 25.7 Å². The van der Waals surface area contributed by atoms with Gasteiger partial charge in [0.05, 0.1) is 6.10 Å². The van der Waals surface area contributed by atoms with Crippen LogP contribution >= 0.6 is 0 Å². The van der Waals surface area contributed by atoms with Gasteiger partial charge in [0.2, 0.25) is 0 Å². The number of aliphatic hydroxyl groups excluding tert-OH is 1. The summed E-state index contributed by atoms with van der Waals surface area (Å²) in [6.45, 7) is 0. The highest BCUT2D eigenvalue weighted by Gasteiger charge is 2.45. The minimum atomic E-state index is 0.0512. The molecule has 0 spiro atoms. The summed E-state index contributed by atoms with van der Waals surface area (Å²) in [6.07, 6.45) is 8.15. The van der Waals surface area contributed by atoms with Crippen molar-refractivity contribution in [2.45, 2.75) is 44.6 Å². The first-order valence-corrected chi connectivity index (χ1v) is 5.51. The molecule has 4 bridgehead atoms. The largest absolute Gasteiger partial charge is 0.393 e. The first-order chi connectivity index (χ1) is 5.83. The Kier molecular flexibility index (Phi) is 1.52. The smallest absolute Gasteiger partial charge is 0.0545 e. The highest BCUT2D eigenvalue weighted by atomic mass is 16.3. The van der Waals surface area contributed by atoms with Crippen molar-refractivity contribution in [3.05, 3.63) is 0 Å². The predicted octanol–water partition coefficient (Wildman–Crippen LogP) is 2.19. The van der Waals surface area contributed by atoms with Crippen LogP contribution in [-0.2, 0) is 0 Å². The molecule has 2 atom stereocenters. The Hall–Kier alpha value is -0.0400. The first kappa shape index (κ1) is 7.37. The third-order valence-electron chi connectivity index (χ3n) is 4.54. The zero-order chi connectivity index (χ0) is 8.13. The molecule has 1 nitrogen and oxygen atoms in total. The Labute approximate surface area is 74.2 Å².